The number of hydrogen-bond donors (Lipinski definition) is 2. The van der Waals surface area contributed by atoms with Crippen molar-refractivity contribution in [1.82, 2.24) is 9.21 Å². The van der Waals surface area contributed by atoms with E-state index >= 15 is 0 Å². The molecule has 0 aliphatic carbocycles. The van der Waals surface area contributed by atoms with Crippen molar-refractivity contribution in [3.05, 3.63) is 72.3 Å². The maximum atomic E-state index is 13.5. The Bertz CT molecular complexity index is 1080. The average molecular weight is 503 g/mol. The van der Waals surface area contributed by atoms with Crippen LogP contribution in [0.25, 0.3) is 6.08 Å². The Hall–Kier alpha value is -2.68. The molecule has 1 amide bonds. The Balaban J connectivity index is 2.47. The molecule has 0 saturated carbocycles. The summed E-state index contributed by atoms with van der Waals surface area (Å²) in [6, 6.07) is 14.8. The van der Waals surface area contributed by atoms with Crippen molar-refractivity contribution in [1.29, 1.82) is 0 Å². The zero-order chi connectivity index (χ0) is 26.4. The number of carboxylic acid groups (broad SMARTS) is 1. The topological polar surface area (TPSA) is 98.2 Å². The van der Waals surface area contributed by atoms with Gasteiger partial charge >= 0.3 is 6.09 Å². The van der Waals surface area contributed by atoms with E-state index in [1.807, 2.05) is 44.2 Å². The van der Waals surface area contributed by atoms with Crippen LogP contribution in [0.15, 0.2) is 66.1 Å². The van der Waals surface area contributed by atoms with Crippen LogP contribution in [0.3, 0.4) is 0 Å². The van der Waals surface area contributed by atoms with Crippen molar-refractivity contribution in [2.45, 2.75) is 63.6 Å². The Morgan fingerprint density at radius 1 is 1.03 bits per heavy atom. The molecule has 2 aromatic rings. The largest absolute Gasteiger partial charge is 0.465 e. The van der Waals surface area contributed by atoms with E-state index in [1.165, 1.54) is 21.3 Å². The molecule has 8 heteroatoms. The van der Waals surface area contributed by atoms with Gasteiger partial charge in [-0.25, -0.2) is 13.2 Å². The second kappa shape index (κ2) is 11.8. The van der Waals surface area contributed by atoms with Crippen LogP contribution >= 0.6 is 0 Å². The highest BCUT2D eigenvalue weighted by Crippen LogP contribution is 2.25. The third-order valence-electron chi connectivity index (χ3n) is 5.71. The van der Waals surface area contributed by atoms with Crippen LogP contribution in [-0.2, 0) is 16.4 Å². The summed E-state index contributed by atoms with van der Waals surface area (Å²) < 4.78 is 28.3. The van der Waals surface area contributed by atoms with Crippen LogP contribution in [-0.4, -0.2) is 64.7 Å². The predicted octanol–water partition coefficient (Wildman–Crippen LogP) is 4.73. The number of benzene rings is 2. The van der Waals surface area contributed by atoms with Gasteiger partial charge in [0.15, 0.2) is 0 Å². The van der Waals surface area contributed by atoms with Crippen molar-refractivity contribution in [2.24, 2.45) is 5.92 Å². The molecular weight excluding hydrogens is 464 g/mol. The van der Waals surface area contributed by atoms with Crippen molar-refractivity contribution >= 4 is 22.2 Å². The maximum absolute atomic E-state index is 13.5. The fourth-order valence-corrected chi connectivity index (χ4v) is 5.74. The molecule has 2 aromatic carbocycles. The van der Waals surface area contributed by atoms with Gasteiger partial charge in [0.05, 0.1) is 17.0 Å². The number of carbonyl (C=O) groups is 1. The monoisotopic (exact) mass is 502 g/mol. The second-order valence-corrected chi connectivity index (χ2v) is 12.1. The molecule has 0 unspecified atom stereocenters. The van der Waals surface area contributed by atoms with Crippen LogP contribution in [0, 0.1) is 5.92 Å². The van der Waals surface area contributed by atoms with E-state index in [2.05, 4.69) is 6.58 Å². The highest BCUT2D eigenvalue weighted by atomic mass is 32.2. The average Bonchev–Trinajstić information content (AvgIpc) is 2.77. The SMILES string of the molecule is C=Cc1ccc(S(=O)(=O)N(CC(C)C)C[C@@H](O)[C@H](Cc2ccccc2)N(C(=O)O)C(C)(C)C)cc1. The zero-order valence-electron chi connectivity index (χ0n) is 21.3. The number of rotatable bonds is 11. The summed E-state index contributed by atoms with van der Waals surface area (Å²) in [6.45, 7) is 12.7. The lowest BCUT2D eigenvalue weighted by Crippen LogP contribution is -2.58. The molecular formula is C27H38N2O5S. The summed E-state index contributed by atoms with van der Waals surface area (Å²) in [5, 5.41) is 21.5. The molecule has 0 aliphatic rings. The van der Waals surface area contributed by atoms with Gasteiger partial charge < -0.3 is 10.2 Å². The third kappa shape index (κ3) is 7.65. The van der Waals surface area contributed by atoms with Crippen LogP contribution in [0.4, 0.5) is 4.79 Å². The molecule has 192 valence electrons. The summed E-state index contributed by atoms with van der Waals surface area (Å²) in [6.07, 6.45) is -0.551. The van der Waals surface area contributed by atoms with Crippen LogP contribution in [0.5, 0.6) is 0 Å². The Morgan fingerprint density at radius 2 is 1.60 bits per heavy atom. The fourth-order valence-electron chi connectivity index (χ4n) is 4.11. The van der Waals surface area contributed by atoms with Gasteiger partial charge in [0.25, 0.3) is 0 Å². The van der Waals surface area contributed by atoms with Gasteiger partial charge in [-0.2, -0.15) is 4.31 Å². The van der Waals surface area contributed by atoms with Gasteiger partial charge in [-0.1, -0.05) is 69.0 Å². The van der Waals surface area contributed by atoms with E-state index < -0.39 is 33.8 Å². The first kappa shape index (κ1) is 28.6. The van der Waals surface area contributed by atoms with E-state index in [9.17, 15) is 23.4 Å². The summed E-state index contributed by atoms with van der Waals surface area (Å²) >= 11 is 0. The summed E-state index contributed by atoms with van der Waals surface area (Å²) in [5.41, 5.74) is 0.837. The molecule has 0 fully saturated rings. The van der Waals surface area contributed by atoms with E-state index in [-0.39, 0.29) is 30.3 Å². The number of aliphatic hydroxyl groups is 1. The van der Waals surface area contributed by atoms with Gasteiger partial charge in [-0.15, -0.1) is 0 Å². The predicted molar refractivity (Wildman–Crippen MR) is 140 cm³/mol. The Labute approximate surface area is 209 Å². The van der Waals surface area contributed by atoms with E-state index in [1.54, 1.807) is 39.0 Å². The Morgan fingerprint density at radius 3 is 2.06 bits per heavy atom. The van der Waals surface area contributed by atoms with E-state index in [4.69, 9.17) is 0 Å². The van der Waals surface area contributed by atoms with Crippen LogP contribution in [0.2, 0.25) is 0 Å². The third-order valence-corrected chi connectivity index (χ3v) is 7.55. The first-order valence-corrected chi connectivity index (χ1v) is 13.2. The van der Waals surface area contributed by atoms with Gasteiger partial charge in [0.1, 0.15) is 0 Å². The molecule has 2 atom stereocenters. The van der Waals surface area contributed by atoms with Gasteiger partial charge in [0, 0.05) is 18.6 Å². The lowest BCUT2D eigenvalue weighted by Gasteiger charge is -2.42. The Kier molecular flexibility index (Phi) is 9.66. The standard InChI is InChI=1S/C27H38N2O5S/c1-7-21-13-15-23(16-14-21)35(33,34)28(18-20(2)3)19-25(30)24(17-22-11-9-8-10-12-22)29(26(31)32)27(4,5)6/h7-16,20,24-25,30H,1,17-19H2,2-6H3,(H,31,32)/t24-,25+/m0/s1. The highest BCUT2D eigenvalue weighted by molar-refractivity contribution is 7.89. The number of amides is 1. The van der Waals surface area contributed by atoms with Crippen molar-refractivity contribution in [3.63, 3.8) is 0 Å². The minimum atomic E-state index is -3.93. The number of aliphatic hydroxyl groups excluding tert-OH is 1. The minimum absolute atomic E-state index is 0.00445. The number of hydrogen-bond acceptors (Lipinski definition) is 4. The first-order chi connectivity index (χ1) is 16.3. The molecule has 2 rings (SSSR count). The van der Waals surface area contributed by atoms with Crippen molar-refractivity contribution < 1.29 is 23.4 Å². The van der Waals surface area contributed by atoms with Crippen molar-refractivity contribution in [2.75, 3.05) is 13.1 Å². The van der Waals surface area contributed by atoms with Crippen LogP contribution < -0.4 is 0 Å². The zero-order valence-corrected chi connectivity index (χ0v) is 22.1. The molecule has 0 radical (unpaired) electrons. The van der Waals surface area contributed by atoms with Crippen LogP contribution in [0.1, 0.15) is 45.7 Å². The molecule has 0 saturated heterocycles. The summed E-state index contributed by atoms with van der Waals surface area (Å²) in [4.78, 5) is 13.6. The smallest absolute Gasteiger partial charge is 0.408 e. The fraction of sp³-hybridized carbons (Fsp3) is 0.444. The molecule has 0 spiro atoms. The number of sulfonamides is 1. The van der Waals surface area contributed by atoms with Gasteiger partial charge in [0.2, 0.25) is 10.0 Å². The number of nitrogens with zero attached hydrogens (tertiary/aromatic N) is 2. The second-order valence-electron chi connectivity index (χ2n) is 10.1. The molecule has 0 bridgehead atoms. The lowest BCUT2D eigenvalue weighted by atomic mass is 9.94. The normalized spacial score (nSPS) is 14.1. The quantitative estimate of drug-likeness (QED) is 0.463. The van der Waals surface area contributed by atoms with E-state index in [0.717, 1.165) is 11.1 Å². The van der Waals surface area contributed by atoms with E-state index in [0.29, 0.717) is 0 Å². The van der Waals surface area contributed by atoms with Crippen molar-refractivity contribution in [3.8, 4) is 0 Å². The molecule has 2 N–H and O–H groups in total. The molecule has 7 nitrogen and oxygen atoms in total. The molecule has 0 heterocycles. The maximum Gasteiger partial charge on any atom is 0.408 e. The lowest BCUT2D eigenvalue weighted by molar-refractivity contribution is 0.000540. The molecule has 0 aliphatic heterocycles. The molecule has 0 aromatic heterocycles. The highest BCUT2D eigenvalue weighted by Gasteiger charge is 2.39. The van der Waals surface area contributed by atoms with Gasteiger partial charge in [-0.3, -0.25) is 4.90 Å². The molecule has 35 heavy (non-hydrogen) atoms. The first-order valence-electron chi connectivity index (χ1n) is 11.7. The summed E-state index contributed by atoms with van der Waals surface area (Å²) in [7, 11) is -3.93. The minimum Gasteiger partial charge on any atom is -0.465 e. The summed E-state index contributed by atoms with van der Waals surface area (Å²) in [5.74, 6) is -0.00445. The van der Waals surface area contributed by atoms with Gasteiger partial charge in [-0.05, 0) is 56.4 Å².